The molecule has 1 aliphatic rings. The first-order chi connectivity index (χ1) is 12.8. The molecule has 7 nitrogen and oxygen atoms in total. The molecule has 4 rings (SSSR count). The summed E-state index contributed by atoms with van der Waals surface area (Å²) < 4.78 is 0.810. The number of aromatic nitrogens is 3. The molecule has 3 aromatic rings. The van der Waals surface area contributed by atoms with Gasteiger partial charge in [0, 0.05) is 18.8 Å². The Hall–Kier alpha value is -2.58. The van der Waals surface area contributed by atoms with Gasteiger partial charge in [0.1, 0.15) is 0 Å². The molecule has 0 saturated carbocycles. The number of carbonyl (C=O) groups is 1. The number of carbonyl (C=O) groups excluding carboxylic acids is 1. The number of hydrogen-bond acceptors (Lipinski definition) is 7. The maximum absolute atomic E-state index is 12.7. The molecule has 1 amide bonds. The molecule has 1 fully saturated rings. The highest BCUT2D eigenvalue weighted by Gasteiger charge is 2.19. The molecule has 1 atom stereocenters. The molecule has 3 N–H and O–H groups in total. The Labute approximate surface area is 155 Å². The second-order valence-corrected chi connectivity index (χ2v) is 7.12. The van der Waals surface area contributed by atoms with E-state index in [1.807, 2.05) is 29.6 Å². The summed E-state index contributed by atoms with van der Waals surface area (Å²) in [5.74, 6) is 0.278. The Morgan fingerprint density at radius 1 is 1.31 bits per heavy atom. The minimum atomic E-state index is -0.158. The lowest BCUT2D eigenvalue weighted by Gasteiger charge is -2.12. The topological polar surface area (TPSA) is 91.8 Å². The highest BCUT2D eigenvalue weighted by Crippen LogP contribution is 2.23. The van der Waals surface area contributed by atoms with E-state index >= 15 is 0 Å². The van der Waals surface area contributed by atoms with Crippen LogP contribution in [0.4, 0.5) is 5.95 Å². The first-order valence-electron chi connectivity index (χ1n) is 8.70. The lowest BCUT2D eigenvalue weighted by molar-refractivity contribution is 0.0947. The van der Waals surface area contributed by atoms with E-state index < -0.39 is 0 Å². The number of pyridine rings is 1. The zero-order chi connectivity index (χ0) is 17.8. The fourth-order valence-corrected chi connectivity index (χ4v) is 3.82. The second-order valence-electron chi connectivity index (χ2n) is 6.21. The van der Waals surface area contributed by atoms with Crippen LogP contribution in [0.2, 0.25) is 0 Å². The van der Waals surface area contributed by atoms with Gasteiger partial charge in [-0.1, -0.05) is 6.07 Å². The van der Waals surface area contributed by atoms with Crippen LogP contribution in [0.5, 0.6) is 0 Å². The Balaban J connectivity index is 1.51. The summed E-state index contributed by atoms with van der Waals surface area (Å²) in [5.41, 5.74) is 2.09. The molecule has 134 valence electrons. The fourth-order valence-electron chi connectivity index (χ4n) is 3.00. The van der Waals surface area contributed by atoms with E-state index in [0.717, 1.165) is 35.3 Å². The van der Waals surface area contributed by atoms with Gasteiger partial charge in [-0.2, -0.15) is 0 Å². The van der Waals surface area contributed by atoms with Crippen LogP contribution in [0.15, 0.2) is 35.8 Å². The van der Waals surface area contributed by atoms with Gasteiger partial charge in [-0.25, -0.2) is 9.97 Å². The molecule has 0 aromatic carbocycles. The van der Waals surface area contributed by atoms with Crippen molar-refractivity contribution >= 4 is 33.4 Å². The number of rotatable bonds is 6. The molecule has 1 aliphatic heterocycles. The number of amides is 1. The molecule has 0 bridgehead atoms. The second kappa shape index (κ2) is 7.76. The van der Waals surface area contributed by atoms with E-state index in [1.54, 1.807) is 6.20 Å². The summed E-state index contributed by atoms with van der Waals surface area (Å²) in [6.07, 6.45) is 4.00. The molecule has 4 heterocycles. The average Bonchev–Trinajstić information content (AvgIpc) is 3.36. The van der Waals surface area contributed by atoms with Crippen molar-refractivity contribution in [2.45, 2.75) is 25.4 Å². The number of hydrogen-bond donors (Lipinski definition) is 3. The quantitative estimate of drug-likeness (QED) is 0.618. The van der Waals surface area contributed by atoms with Crippen molar-refractivity contribution in [1.82, 2.24) is 25.6 Å². The van der Waals surface area contributed by atoms with E-state index in [0.29, 0.717) is 30.8 Å². The van der Waals surface area contributed by atoms with Crippen molar-refractivity contribution in [3.63, 3.8) is 0 Å². The van der Waals surface area contributed by atoms with Gasteiger partial charge >= 0.3 is 0 Å². The molecule has 0 aliphatic carbocycles. The molecule has 3 aromatic heterocycles. The van der Waals surface area contributed by atoms with Gasteiger partial charge in [0.15, 0.2) is 5.69 Å². The first-order valence-corrected chi connectivity index (χ1v) is 9.58. The third kappa shape index (κ3) is 3.81. The predicted molar refractivity (Wildman–Crippen MR) is 102 cm³/mol. The van der Waals surface area contributed by atoms with Crippen LogP contribution in [-0.2, 0) is 6.54 Å². The maximum Gasteiger partial charge on any atom is 0.271 e. The first kappa shape index (κ1) is 16.9. The minimum absolute atomic E-state index is 0.158. The standard InChI is InChI=1S/C18H20N6OS/c25-17(21-10-13-5-3-8-20-13)15-16-14(6-9-26-16)23-18(24-15)22-11-12-4-1-2-7-19-12/h1-2,4,6-7,9,13,20H,3,5,8,10-11H2,(H,21,25)(H,22,23,24)/t13-/m1/s1. The molecule has 0 spiro atoms. The van der Waals surface area contributed by atoms with Gasteiger partial charge in [0.05, 0.1) is 22.5 Å². The van der Waals surface area contributed by atoms with Crippen molar-refractivity contribution in [1.29, 1.82) is 0 Å². The van der Waals surface area contributed by atoms with Crippen molar-refractivity contribution in [3.05, 3.63) is 47.2 Å². The Morgan fingerprint density at radius 3 is 3.08 bits per heavy atom. The number of nitrogens with zero attached hydrogens (tertiary/aromatic N) is 3. The molecule has 1 saturated heterocycles. The molecule has 0 radical (unpaired) electrons. The van der Waals surface area contributed by atoms with Crippen LogP contribution < -0.4 is 16.0 Å². The van der Waals surface area contributed by atoms with Gasteiger partial charge in [0.25, 0.3) is 5.91 Å². The zero-order valence-electron chi connectivity index (χ0n) is 14.2. The maximum atomic E-state index is 12.7. The summed E-state index contributed by atoms with van der Waals surface area (Å²) in [6, 6.07) is 7.99. The fraction of sp³-hybridized carbons (Fsp3) is 0.333. The van der Waals surface area contributed by atoms with Gasteiger partial charge in [-0.3, -0.25) is 9.78 Å². The van der Waals surface area contributed by atoms with E-state index in [2.05, 4.69) is 30.9 Å². The SMILES string of the molecule is O=C(NC[C@H]1CCCN1)c1nc(NCc2ccccn2)nc2ccsc12. The molecule has 0 unspecified atom stereocenters. The Kier molecular flexibility index (Phi) is 5.03. The van der Waals surface area contributed by atoms with Gasteiger partial charge < -0.3 is 16.0 Å². The van der Waals surface area contributed by atoms with Crippen LogP contribution in [0.1, 0.15) is 29.0 Å². The summed E-state index contributed by atoms with van der Waals surface area (Å²) in [6.45, 7) is 2.14. The normalized spacial score (nSPS) is 16.7. The van der Waals surface area contributed by atoms with Crippen LogP contribution in [0, 0.1) is 0 Å². The van der Waals surface area contributed by atoms with Crippen molar-refractivity contribution in [3.8, 4) is 0 Å². The summed E-state index contributed by atoms with van der Waals surface area (Å²) >= 11 is 1.48. The van der Waals surface area contributed by atoms with Crippen LogP contribution in [-0.4, -0.2) is 40.0 Å². The smallest absolute Gasteiger partial charge is 0.271 e. The van der Waals surface area contributed by atoms with Crippen LogP contribution in [0.3, 0.4) is 0 Å². The average molecular weight is 368 g/mol. The van der Waals surface area contributed by atoms with Crippen molar-refractivity contribution in [2.24, 2.45) is 0 Å². The molecule has 26 heavy (non-hydrogen) atoms. The summed E-state index contributed by atoms with van der Waals surface area (Å²) in [4.78, 5) is 25.9. The molecular formula is C18H20N6OS. The van der Waals surface area contributed by atoms with E-state index in [4.69, 9.17) is 0 Å². The zero-order valence-corrected chi connectivity index (χ0v) is 15.1. The summed E-state index contributed by atoms with van der Waals surface area (Å²) in [7, 11) is 0. The highest BCUT2D eigenvalue weighted by atomic mass is 32.1. The van der Waals surface area contributed by atoms with Crippen molar-refractivity contribution < 1.29 is 4.79 Å². The lowest BCUT2D eigenvalue weighted by atomic mass is 10.2. The predicted octanol–water partition coefficient (Wildman–Crippen LogP) is 2.18. The Morgan fingerprint density at radius 2 is 2.27 bits per heavy atom. The van der Waals surface area contributed by atoms with Gasteiger partial charge in [-0.15, -0.1) is 11.3 Å². The number of anilines is 1. The summed E-state index contributed by atoms with van der Waals surface area (Å²) in [5, 5.41) is 11.5. The lowest BCUT2D eigenvalue weighted by Crippen LogP contribution is -2.37. The van der Waals surface area contributed by atoms with Crippen molar-refractivity contribution in [2.75, 3.05) is 18.4 Å². The van der Waals surface area contributed by atoms with Gasteiger partial charge in [-0.05, 0) is 43.0 Å². The minimum Gasteiger partial charge on any atom is -0.349 e. The number of fused-ring (bicyclic) bond motifs is 1. The van der Waals surface area contributed by atoms with Gasteiger partial charge in [0.2, 0.25) is 5.95 Å². The largest absolute Gasteiger partial charge is 0.349 e. The molecular weight excluding hydrogens is 348 g/mol. The number of nitrogens with one attached hydrogen (secondary N) is 3. The highest BCUT2D eigenvalue weighted by molar-refractivity contribution is 7.17. The van der Waals surface area contributed by atoms with E-state index in [-0.39, 0.29) is 5.91 Å². The number of thiophene rings is 1. The third-order valence-corrected chi connectivity index (χ3v) is 5.25. The van der Waals surface area contributed by atoms with Crippen LogP contribution >= 0.6 is 11.3 Å². The third-order valence-electron chi connectivity index (χ3n) is 4.34. The molecule has 8 heteroatoms. The van der Waals surface area contributed by atoms with E-state index in [9.17, 15) is 4.79 Å². The monoisotopic (exact) mass is 368 g/mol. The van der Waals surface area contributed by atoms with Crippen LogP contribution in [0.25, 0.3) is 10.2 Å². The Bertz CT molecular complexity index is 891. The van der Waals surface area contributed by atoms with E-state index in [1.165, 1.54) is 11.3 Å².